The van der Waals surface area contributed by atoms with Crippen LogP contribution in [-0.4, -0.2) is 11.9 Å². The number of rotatable bonds is 2. The second-order valence-electron chi connectivity index (χ2n) is 3.91. The lowest BCUT2D eigenvalue weighted by atomic mass is 9.88. The van der Waals surface area contributed by atoms with Crippen molar-refractivity contribution in [2.24, 2.45) is 5.41 Å². The minimum Gasteiger partial charge on any atom is -0.358 e. The number of hydrogen-bond acceptors (Lipinski definition) is 1. The van der Waals surface area contributed by atoms with E-state index >= 15 is 0 Å². The zero-order valence-corrected chi connectivity index (χ0v) is 8.31. The van der Waals surface area contributed by atoms with E-state index in [4.69, 9.17) is 0 Å². The molecule has 0 amide bonds. The van der Waals surface area contributed by atoms with Crippen LogP contribution in [0.2, 0.25) is 0 Å². The van der Waals surface area contributed by atoms with Crippen molar-refractivity contribution >= 4 is 0 Å². The molecule has 0 aromatic heterocycles. The molecule has 0 saturated heterocycles. The van der Waals surface area contributed by atoms with Gasteiger partial charge in [0.2, 0.25) is 0 Å². The second-order valence-corrected chi connectivity index (χ2v) is 3.91. The van der Waals surface area contributed by atoms with Crippen LogP contribution < -0.4 is 0 Å². The molecule has 0 aromatic rings. The molecule has 0 unspecified atom stereocenters. The highest BCUT2D eigenvalue weighted by Gasteiger charge is 2.12. The molecule has 0 saturated carbocycles. The van der Waals surface area contributed by atoms with Crippen LogP contribution >= 0.6 is 0 Å². The fraction of sp³-hybridized carbons (Fsp3) is 0.600. The lowest BCUT2D eigenvalue weighted by molar-refractivity contribution is 0.483. The Kier molecular flexibility index (Phi) is 3.37. The minimum absolute atomic E-state index is 0.261. The number of nitrogens with zero attached hydrogens (tertiary/aromatic N) is 1. The molecule has 0 N–H and O–H groups in total. The molecule has 0 aliphatic rings. The molecular formula is C10H19N. The molecule has 0 radical (unpaired) electrons. The van der Waals surface area contributed by atoms with E-state index < -0.39 is 0 Å². The zero-order valence-electron chi connectivity index (χ0n) is 8.31. The maximum absolute atomic E-state index is 3.68. The zero-order chi connectivity index (χ0) is 9.07. The van der Waals surface area contributed by atoms with E-state index in [0.717, 1.165) is 0 Å². The highest BCUT2D eigenvalue weighted by atomic mass is 15.0. The molecule has 64 valence electrons. The fourth-order valence-corrected chi connectivity index (χ4v) is 0.552. The average Bonchev–Trinajstić information content (AvgIpc) is 1.85. The van der Waals surface area contributed by atoms with Crippen molar-refractivity contribution in [3.63, 3.8) is 0 Å². The van der Waals surface area contributed by atoms with Gasteiger partial charge in [0.25, 0.3) is 0 Å². The van der Waals surface area contributed by atoms with Crippen molar-refractivity contribution in [3.8, 4) is 0 Å². The van der Waals surface area contributed by atoms with E-state index in [0.29, 0.717) is 0 Å². The van der Waals surface area contributed by atoms with Gasteiger partial charge in [-0.2, -0.15) is 0 Å². The molecule has 0 spiro atoms. The summed E-state index contributed by atoms with van der Waals surface area (Å²) in [6, 6.07) is 0. The van der Waals surface area contributed by atoms with Gasteiger partial charge in [-0.25, -0.2) is 0 Å². The van der Waals surface area contributed by atoms with Gasteiger partial charge >= 0.3 is 0 Å². The maximum atomic E-state index is 3.68. The van der Waals surface area contributed by atoms with Crippen molar-refractivity contribution in [2.45, 2.75) is 27.7 Å². The van der Waals surface area contributed by atoms with E-state index in [2.05, 4.69) is 40.5 Å². The van der Waals surface area contributed by atoms with Crippen LogP contribution in [0.1, 0.15) is 27.7 Å². The van der Waals surface area contributed by atoms with Gasteiger partial charge in [0.05, 0.1) is 0 Å². The number of hydrogen-bond donors (Lipinski definition) is 0. The van der Waals surface area contributed by atoms with Crippen molar-refractivity contribution < 1.29 is 0 Å². The van der Waals surface area contributed by atoms with E-state index in [1.807, 2.05) is 11.9 Å². The molecule has 0 rings (SSSR count). The van der Waals surface area contributed by atoms with Gasteiger partial charge < -0.3 is 4.90 Å². The first-order valence-corrected chi connectivity index (χ1v) is 3.91. The summed E-state index contributed by atoms with van der Waals surface area (Å²) in [5.41, 5.74) is 1.62. The smallest absolute Gasteiger partial charge is 0.0106 e. The standard InChI is InChI=1S/C10H19N/c1-7-11(6)8-9(2)10(3,4)5/h7-8H,1H2,2-6H3/b9-8+. The first kappa shape index (κ1) is 10.3. The molecule has 0 heterocycles. The summed E-state index contributed by atoms with van der Waals surface area (Å²) >= 11 is 0. The highest BCUT2D eigenvalue weighted by molar-refractivity contribution is 5.07. The van der Waals surface area contributed by atoms with Gasteiger partial charge in [-0.3, -0.25) is 0 Å². The van der Waals surface area contributed by atoms with Gasteiger partial charge in [0, 0.05) is 13.2 Å². The van der Waals surface area contributed by atoms with Gasteiger partial charge in [-0.15, -0.1) is 0 Å². The maximum Gasteiger partial charge on any atom is 0.0106 e. The molecule has 1 heteroatoms. The SMILES string of the molecule is C=CN(C)/C=C(\C)C(C)(C)C. The van der Waals surface area contributed by atoms with E-state index in [1.165, 1.54) is 5.57 Å². The summed E-state index contributed by atoms with van der Waals surface area (Å²) in [5, 5.41) is 0. The van der Waals surface area contributed by atoms with E-state index in [9.17, 15) is 0 Å². The summed E-state index contributed by atoms with van der Waals surface area (Å²) in [7, 11) is 1.99. The van der Waals surface area contributed by atoms with Gasteiger partial charge in [0.1, 0.15) is 0 Å². The van der Waals surface area contributed by atoms with Crippen LogP contribution in [0.4, 0.5) is 0 Å². The summed E-state index contributed by atoms with van der Waals surface area (Å²) < 4.78 is 0. The Morgan fingerprint density at radius 1 is 1.36 bits per heavy atom. The van der Waals surface area contributed by atoms with Crippen LogP contribution in [0.15, 0.2) is 24.6 Å². The lowest BCUT2D eigenvalue weighted by Gasteiger charge is -2.21. The Morgan fingerprint density at radius 3 is 2.09 bits per heavy atom. The molecule has 0 aromatic carbocycles. The predicted octanol–water partition coefficient (Wildman–Crippen LogP) is 3.01. The molecule has 0 atom stereocenters. The Bertz CT molecular complexity index is 160. The molecule has 11 heavy (non-hydrogen) atoms. The van der Waals surface area contributed by atoms with Gasteiger partial charge in [-0.05, 0) is 18.5 Å². The lowest BCUT2D eigenvalue weighted by Crippen LogP contribution is -2.10. The first-order chi connectivity index (χ1) is 4.88. The van der Waals surface area contributed by atoms with E-state index in [1.54, 1.807) is 6.20 Å². The molecule has 0 aliphatic carbocycles. The highest BCUT2D eigenvalue weighted by Crippen LogP contribution is 2.24. The third kappa shape index (κ3) is 3.87. The Labute approximate surface area is 70.4 Å². The summed E-state index contributed by atoms with van der Waals surface area (Å²) in [4.78, 5) is 1.97. The van der Waals surface area contributed by atoms with Gasteiger partial charge in [-0.1, -0.05) is 32.9 Å². The summed E-state index contributed by atoms with van der Waals surface area (Å²) in [6.45, 7) is 12.4. The molecule has 0 bridgehead atoms. The quantitative estimate of drug-likeness (QED) is 0.589. The van der Waals surface area contributed by atoms with Crippen LogP contribution in [0, 0.1) is 5.41 Å². The Hall–Kier alpha value is -0.720. The van der Waals surface area contributed by atoms with Crippen LogP contribution in [0.25, 0.3) is 0 Å². The topological polar surface area (TPSA) is 3.24 Å². The van der Waals surface area contributed by atoms with E-state index in [-0.39, 0.29) is 5.41 Å². The molecule has 0 aliphatic heterocycles. The third-order valence-electron chi connectivity index (χ3n) is 1.87. The minimum atomic E-state index is 0.261. The largest absolute Gasteiger partial charge is 0.358 e. The summed E-state index contributed by atoms with van der Waals surface area (Å²) in [6.07, 6.45) is 3.90. The normalized spacial score (nSPS) is 13.0. The molecule has 1 nitrogen and oxygen atoms in total. The Morgan fingerprint density at radius 2 is 1.82 bits per heavy atom. The molecular weight excluding hydrogens is 134 g/mol. The van der Waals surface area contributed by atoms with Gasteiger partial charge in [0.15, 0.2) is 0 Å². The Balaban J connectivity index is 4.33. The first-order valence-electron chi connectivity index (χ1n) is 3.91. The van der Waals surface area contributed by atoms with Crippen molar-refractivity contribution in [1.29, 1.82) is 0 Å². The van der Waals surface area contributed by atoms with Crippen molar-refractivity contribution in [1.82, 2.24) is 4.90 Å². The third-order valence-corrected chi connectivity index (χ3v) is 1.87. The van der Waals surface area contributed by atoms with Crippen molar-refractivity contribution in [2.75, 3.05) is 7.05 Å². The number of allylic oxidation sites excluding steroid dienone is 1. The second kappa shape index (κ2) is 3.61. The average molecular weight is 153 g/mol. The predicted molar refractivity (Wildman–Crippen MR) is 51.2 cm³/mol. The van der Waals surface area contributed by atoms with Crippen LogP contribution in [0.3, 0.4) is 0 Å². The monoisotopic (exact) mass is 153 g/mol. The van der Waals surface area contributed by atoms with Crippen LogP contribution in [0.5, 0.6) is 0 Å². The fourth-order valence-electron chi connectivity index (χ4n) is 0.552. The summed E-state index contributed by atoms with van der Waals surface area (Å²) in [5.74, 6) is 0. The van der Waals surface area contributed by atoms with Crippen LogP contribution in [-0.2, 0) is 0 Å². The van der Waals surface area contributed by atoms with Crippen molar-refractivity contribution in [3.05, 3.63) is 24.6 Å². The molecule has 0 fully saturated rings.